The molecule has 0 bridgehead atoms. The predicted octanol–water partition coefficient (Wildman–Crippen LogP) is 1.08. The first-order valence-corrected chi connectivity index (χ1v) is 11.3. The molecule has 1 aromatic rings. The van der Waals surface area contributed by atoms with Crippen LogP contribution in [0.4, 0.5) is 4.79 Å². The molecule has 7 heteroatoms. The highest BCUT2D eigenvalue weighted by atomic mass is 16.5. The van der Waals surface area contributed by atoms with Gasteiger partial charge in [-0.1, -0.05) is 45.0 Å². The molecule has 7 nitrogen and oxygen atoms in total. The van der Waals surface area contributed by atoms with E-state index in [4.69, 9.17) is 4.74 Å². The summed E-state index contributed by atoms with van der Waals surface area (Å²) in [7, 11) is 1.75. The number of likely N-dealkylation sites (N-methyl/N-ethyl adjacent to an activating group) is 1. The van der Waals surface area contributed by atoms with Gasteiger partial charge in [0.2, 0.25) is 0 Å². The molecule has 0 spiro atoms. The van der Waals surface area contributed by atoms with Crippen LogP contribution < -0.4 is 10.2 Å². The summed E-state index contributed by atoms with van der Waals surface area (Å²) < 4.78 is 5.43. The number of quaternary nitrogens is 1. The lowest BCUT2D eigenvalue weighted by atomic mass is 9.85. The zero-order chi connectivity index (χ0) is 22.2. The number of benzene rings is 1. The minimum absolute atomic E-state index is 0.0451. The van der Waals surface area contributed by atoms with E-state index in [0.29, 0.717) is 18.7 Å². The minimum atomic E-state index is -0.393. The summed E-state index contributed by atoms with van der Waals surface area (Å²) in [5, 5.41) is 3.03. The van der Waals surface area contributed by atoms with Gasteiger partial charge in [-0.2, -0.15) is 0 Å². The molecule has 3 heterocycles. The fourth-order valence-corrected chi connectivity index (χ4v) is 4.66. The van der Waals surface area contributed by atoms with Crippen LogP contribution in [0.25, 0.3) is 0 Å². The molecule has 3 aliphatic heterocycles. The molecule has 1 atom stereocenters. The van der Waals surface area contributed by atoms with Gasteiger partial charge in [0.1, 0.15) is 13.1 Å². The summed E-state index contributed by atoms with van der Waals surface area (Å²) in [6.45, 7) is 12.5. The van der Waals surface area contributed by atoms with Crippen molar-refractivity contribution in [1.82, 2.24) is 15.1 Å². The molecule has 0 aromatic heterocycles. The molecule has 168 valence electrons. The fourth-order valence-electron chi connectivity index (χ4n) is 4.66. The SMILES string of the molecule is CN1C(=O)N[C@@H](c2ccc(C(C)(C)C)cc2)C2=C1CN(CCC[NH+]1CCOCC1)C2=O. The molecule has 3 aliphatic rings. The second-order valence-electron chi connectivity index (χ2n) is 9.87. The van der Waals surface area contributed by atoms with Gasteiger partial charge in [-0.15, -0.1) is 0 Å². The van der Waals surface area contributed by atoms with Gasteiger partial charge < -0.3 is 19.9 Å². The van der Waals surface area contributed by atoms with E-state index in [1.807, 2.05) is 17.0 Å². The number of amides is 3. The van der Waals surface area contributed by atoms with E-state index in [1.54, 1.807) is 16.8 Å². The van der Waals surface area contributed by atoms with Gasteiger partial charge in [0.05, 0.1) is 43.6 Å². The molecule has 0 radical (unpaired) electrons. The van der Waals surface area contributed by atoms with Crippen molar-refractivity contribution in [3.05, 3.63) is 46.7 Å². The van der Waals surface area contributed by atoms with Crippen molar-refractivity contribution in [3.63, 3.8) is 0 Å². The third kappa shape index (κ3) is 4.48. The van der Waals surface area contributed by atoms with E-state index in [9.17, 15) is 9.59 Å². The lowest BCUT2D eigenvalue weighted by molar-refractivity contribution is -0.908. The average molecular weight is 428 g/mol. The number of urea groups is 1. The smallest absolute Gasteiger partial charge is 0.322 e. The number of carbonyl (C=O) groups excluding carboxylic acids is 2. The van der Waals surface area contributed by atoms with Gasteiger partial charge in [-0.05, 0) is 16.5 Å². The first kappa shape index (κ1) is 21.8. The average Bonchev–Trinajstić information content (AvgIpc) is 3.08. The first-order chi connectivity index (χ1) is 14.8. The third-order valence-corrected chi connectivity index (χ3v) is 6.70. The topological polar surface area (TPSA) is 66.3 Å². The van der Waals surface area contributed by atoms with Gasteiger partial charge in [0.15, 0.2) is 0 Å². The van der Waals surface area contributed by atoms with E-state index >= 15 is 0 Å². The third-order valence-electron chi connectivity index (χ3n) is 6.70. The molecule has 3 amide bonds. The highest BCUT2D eigenvalue weighted by molar-refractivity contribution is 6.01. The van der Waals surface area contributed by atoms with Crippen LogP contribution in [0, 0.1) is 0 Å². The Hall–Kier alpha value is -2.38. The Morgan fingerprint density at radius 3 is 2.45 bits per heavy atom. The van der Waals surface area contributed by atoms with Gasteiger partial charge in [0.25, 0.3) is 5.91 Å². The molecular weight excluding hydrogens is 392 g/mol. The number of nitrogens with one attached hydrogen (secondary N) is 2. The Morgan fingerprint density at radius 2 is 1.81 bits per heavy atom. The van der Waals surface area contributed by atoms with Crippen LogP contribution in [-0.2, 0) is 14.9 Å². The maximum atomic E-state index is 13.3. The minimum Gasteiger partial charge on any atom is -0.370 e. The standard InChI is InChI=1S/C24H34N4O3/c1-24(2,3)18-8-6-17(7-9-18)21-20-19(26(4)23(30)25-21)16-28(22(20)29)11-5-10-27-12-14-31-15-13-27/h6-9,21H,5,10-16H2,1-4H3,(H,25,30)/p+1/t21-/m0/s1. The Balaban J connectivity index is 1.48. The number of carbonyl (C=O) groups is 2. The van der Waals surface area contributed by atoms with Crippen molar-refractivity contribution < 1.29 is 19.2 Å². The fraction of sp³-hybridized carbons (Fsp3) is 0.583. The van der Waals surface area contributed by atoms with Gasteiger partial charge >= 0.3 is 6.03 Å². The predicted molar refractivity (Wildman–Crippen MR) is 119 cm³/mol. The molecule has 31 heavy (non-hydrogen) atoms. The zero-order valence-electron chi connectivity index (χ0n) is 19.2. The number of hydrogen-bond acceptors (Lipinski definition) is 3. The lowest BCUT2D eigenvalue weighted by Crippen LogP contribution is -3.14. The highest BCUT2D eigenvalue weighted by Crippen LogP contribution is 2.36. The van der Waals surface area contributed by atoms with Gasteiger partial charge in [0, 0.05) is 20.0 Å². The van der Waals surface area contributed by atoms with Crippen molar-refractivity contribution >= 4 is 11.9 Å². The van der Waals surface area contributed by atoms with Crippen LogP contribution in [0.1, 0.15) is 44.4 Å². The Morgan fingerprint density at radius 1 is 1.13 bits per heavy atom. The normalized spacial score (nSPS) is 22.8. The maximum absolute atomic E-state index is 13.3. The number of rotatable bonds is 5. The molecule has 2 N–H and O–H groups in total. The van der Waals surface area contributed by atoms with Crippen molar-refractivity contribution in [1.29, 1.82) is 0 Å². The van der Waals surface area contributed by atoms with E-state index in [0.717, 1.165) is 50.5 Å². The van der Waals surface area contributed by atoms with E-state index < -0.39 is 6.04 Å². The zero-order valence-corrected chi connectivity index (χ0v) is 19.2. The Bertz CT molecular complexity index is 866. The first-order valence-electron chi connectivity index (χ1n) is 11.3. The number of ether oxygens (including phenoxy) is 1. The molecular formula is C24H35N4O3+. The Kier molecular flexibility index (Phi) is 6.08. The van der Waals surface area contributed by atoms with Crippen LogP contribution in [-0.4, -0.2) is 74.7 Å². The largest absolute Gasteiger partial charge is 0.370 e. The monoisotopic (exact) mass is 427 g/mol. The molecule has 0 saturated carbocycles. The van der Waals surface area contributed by atoms with Crippen LogP contribution in [0.5, 0.6) is 0 Å². The second-order valence-corrected chi connectivity index (χ2v) is 9.87. The number of morpholine rings is 1. The van der Waals surface area contributed by atoms with Crippen molar-refractivity contribution in [3.8, 4) is 0 Å². The van der Waals surface area contributed by atoms with Crippen LogP contribution in [0.2, 0.25) is 0 Å². The maximum Gasteiger partial charge on any atom is 0.322 e. The Labute approximate surface area is 185 Å². The van der Waals surface area contributed by atoms with Crippen LogP contribution in [0.15, 0.2) is 35.5 Å². The van der Waals surface area contributed by atoms with Crippen molar-refractivity contribution in [2.75, 3.05) is 53.0 Å². The quantitative estimate of drug-likeness (QED) is 0.739. The van der Waals surface area contributed by atoms with Crippen LogP contribution in [0.3, 0.4) is 0 Å². The van der Waals surface area contributed by atoms with E-state index in [-0.39, 0.29) is 17.4 Å². The molecule has 4 rings (SSSR count). The molecule has 0 aliphatic carbocycles. The summed E-state index contributed by atoms with van der Waals surface area (Å²) in [4.78, 5) is 31.0. The van der Waals surface area contributed by atoms with Gasteiger partial charge in [-0.3, -0.25) is 9.69 Å². The van der Waals surface area contributed by atoms with E-state index in [1.165, 1.54) is 5.56 Å². The summed E-state index contributed by atoms with van der Waals surface area (Å²) in [5.41, 5.74) is 3.79. The lowest BCUT2D eigenvalue weighted by Gasteiger charge is -2.31. The summed E-state index contributed by atoms with van der Waals surface area (Å²) in [5.74, 6) is 0.0451. The number of nitrogens with zero attached hydrogens (tertiary/aromatic N) is 2. The summed E-state index contributed by atoms with van der Waals surface area (Å²) in [6, 6.07) is 7.73. The number of hydrogen-bond donors (Lipinski definition) is 2. The molecule has 1 aromatic carbocycles. The highest BCUT2D eigenvalue weighted by Gasteiger charge is 2.42. The van der Waals surface area contributed by atoms with Gasteiger partial charge in [-0.25, -0.2) is 4.79 Å². The molecule has 0 unspecified atom stereocenters. The van der Waals surface area contributed by atoms with Crippen molar-refractivity contribution in [2.24, 2.45) is 0 Å². The van der Waals surface area contributed by atoms with Crippen molar-refractivity contribution in [2.45, 2.75) is 38.6 Å². The molecule has 1 saturated heterocycles. The van der Waals surface area contributed by atoms with E-state index in [2.05, 4.69) is 38.2 Å². The summed E-state index contributed by atoms with van der Waals surface area (Å²) in [6.07, 6.45) is 0.956. The molecule has 1 fully saturated rings. The van der Waals surface area contributed by atoms with Crippen LogP contribution >= 0.6 is 0 Å². The second kappa shape index (κ2) is 8.63. The summed E-state index contributed by atoms with van der Waals surface area (Å²) >= 11 is 0.